The van der Waals surface area contributed by atoms with Crippen LogP contribution in [0.4, 0.5) is 9.18 Å². The molecule has 1 spiro atoms. The third-order valence-electron chi connectivity index (χ3n) is 6.53. The van der Waals surface area contributed by atoms with E-state index in [2.05, 4.69) is 21.9 Å². The van der Waals surface area contributed by atoms with Crippen molar-refractivity contribution in [1.82, 2.24) is 24.6 Å². The largest absolute Gasteiger partial charge is 0.444 e. The Bertz CT molecular complexity index is 913. The average molecular weight is 430 g/mol. The van der Waals surface area contributed by atoms with E-state index in [4.69, 9.17) is 4.74 Å². The summed E-state index contributed by atoms with van der Waals surface area (Å²) in [5.74, 6) is 0.228. The minimum absolute atomic E-state index is 0.200. The van der Waals surface area contributed by atoms with Crippen molar-refractivity contribution in [3.05, 3.63) is 42.1 Å². The smallest absolute Gasteiger partial charge is 0.410 e. The number of hydrogen-bond donors (Lipinski definition) is 0. The minimum atomic E-state index is -0.457. The van der Waals surface area contributed by atoms with Crippen LogP contribution in [0.2, 0.25) is 0 Å². The van der Waals surface area contributed by atoms with Gasteiger partial charge >= 0.3 is 6.09 Å². The maximum Gasteiger partial charge on any atom is 0.410 e. The van der Waals surface area contributed by atoms with E-state index in [1.54, 1.807) is 0 Å². The van der Waals surface area contributed by atoms with E-state index in [9.17, 15) is 9.18 Å². The third kappa shape index (κ3) is 4.89. The van der Waals surface area contributed by atoms with Crippen molar-refractivity contribution in [2.24, 2.45) is 5.41 Å². The van der Waals surface area contributed by atoms with Gasteiger partial charge in [0, 0.05) is 31.9 Å². The van der Waals surface area contributed by atoms with Gasteiger partial charge in [-0.25, -0.2) is 18.9 Å². The Morgan fingerprint density at radius 2 is 1.87 bits per heavy atom. The van der Waals surface area contributed by atoms with Crippen LogP contribution in [0.5, 0.6) is 0 Å². The number of ether oxygens (including phenoxy) is 1. The summed E-state index contributed by atoms with van der Waals surface area (Å²) in [7, 11) is 0. The Kier molecular flexibility index (Phi) is 5.77. The zero-order valence-corrected chi connectivity index (χ0v) is 18.8. The molecule has 1 unspecified atom stereocenters. The normalized spacial score (nSPS) is 20.2. The number of amides is 1. The summed E-state index contributed by atoms with van der Waals surface area (Å²) in [6.45, 7) is 11.5. The molecule has 4 rings (SSSR count). The number of carbonyl (C=O) groups is 1. The van der Waals surface area contributed by atoms with Crippen LogP contribution in [0.3, 0.4) is 0 Å². The molecule has 7 nitrogen and oxygen atoms in total. The molecule has 2 aliphatic heterocycles. The summed E-state index contributed by atoms with van der Waals surface area (Å²) in [5.41, 5.74) is 0.952. The highest BCUT2D eigenvalue weighted by molar-refractivity contribution is 5.68. The van der Waals surface area contributed by atoms with Gasteiger partial charge in [-0.15, -0.1) is 0 Å². The molecule has 0 aliphatic carbocycles. The predicted molar refractivity (Wildman–Crippen MR) is 115 cm³/mol. The second-order valence-corrected chi connectivity index (χ2v) is 9.92. The molecule has 0 aromatic carbocycles. The molecule has 0 N–H and O–H groups in total. The standard InChI is InChI=1S/C23H32FN5O2/c1-17(18-5-6-20(25-13-18)29-15-19(24)14-26-29)28-12-9-23(16-28)7-10-27(11-8-23)21(30)31-22(2,3)4/h5-6,13-15,17H,7-12,16H2,1-4H3. The second-order valence-electron chi connectivity index (χ2n) is 9.92. The molecule has 31 heavy (non-hydrogen) atoms. The predicted octanol–water partition coefficient (Wildman–Crippen LogP) is 4.19. The zero-order valence-electron chi connectivity index (χ0n) is 18.8. The van der Waals surface area contributed by atoms with Gasteiger partial charge in [-0.05, 0) is 70.5 Å². The van der Waals surface area contributed by atoms with Crippen LogP contribution < -0.4 is 0 Å². The van der Waals surface area contributed by atoms with Gasteiger partial charge in [0.05, 0.1) is 12.4 Å². The molecule has 168 valence electrons. The lowest BCUT2D eigenvalue weighted by Crippen LogP contribution is -2.46. The quantitative estimate of drug-likeness (QED) is 0.732. The highest BCUT2D eigenvalue weighted by Gasteiger charge is 2.43. The first-order valence-electron chi connectivity index (χ1n) is 11.0. The Labute approximate surface area is 183 Å². The minimum Gasteiger partial charge on any atom is -0.444 e. The number of hydrogen-bond acceptors (Lipinski definition) is 5. The Morgan fingerprint density at radius 1 is 1.16 bits per heavy atom. The first kappa shape index (κ1) is 21.7. The van der Waals surface area contributed by atoms with Crippen LogP contribution in [0.15, 0.2) is 30.7 Å². The van der Waals surface area contributed by atoms with Crippen molar-refractivity contribution in [3.8, 4) is 5.82 Å². The Hall–Kier alpha value is -2.48. The molecule has 0 bridgehead atoms. The molecule has 8 heteroatoms. The van der Waals surface area contributed by atoms with E-state index in [0.29, 0.717) is 5.82 Å². The topological polar surface area (TPSA) is 63.5 Å². The highest BCUT2D eigenvalue weighted by atomic mass is 19.1. The summed E-state index contributed by atoms with van der Waals surface area (Å²) in [6, 6.07) is 4.17. The second kappa shape index (κ2) is 8.22. The van der Waals surface area contributed by atoms with Gasteiger partial charge in [-0.3, -0.25) is 4.90 Å². The summed E-state index contributed by atoms with van der Waals surface area (Å²) in [6.07, 6.45) is 7.33. The highest BCUT2D eigenvalue weighted by Crippen LogP contribution is 2.43. The third-order valence-corrected chi connectivity index (χ3v) is 6.53. The van der Waals surface area contributed by atoms with Crippen LogP contribution >= 0.6 is 0 Å². The summed E-state index contributed by atoms with van der Waals surface area (Å²) in [5, 5.41) is 3.96. The lowest BCUT2D eigenvalue weighted by atomic mass is 9.78. The molecule has 2 aromatic heterocycles. The van der Waals surface area contributed by atoms with Crippen LogP contribution in [0.25, 0.3) is 5.82 Å². The maximum absolute atomic E-state index is 13.2. The number of nitrogens with zero attached hydrogens (tertiary/aromatic N) is 5. The molecule has 1 atom stereocenters. The van der Waals surface area contributed by atoms with E-state index in [0.717, 1.165) is 51.0 Å². The maximum atomic E-state index is 13.2. The number of carbonyl (C=O) groups excluding carboxylic acids is 1. The van der Waals surface area contributed by atoms with E-state index in [-0.39, 0.29) is 23.4 Å². The van der Waals surface area contributed by atoms with Crippen LogP contribution in [-0.2, 0) is 4.74 Å². The van der Waals surface area contributed by atoms with E-state index in [1.165, 1.54) is 17.1 Å². The van der Waals surface area contributed by atoms with Crippen molar-refractivity contribution < 1.29 is 13.9 Å². The number of aromatic nitrogens is 3. The Balaban J connectivity index is 1.34. The zero-order chi connectivity index (χ0) is 22.2. The summed E-state index contributed by atoms with van der Waals surface area (Å²) < 4.78 is 20.2. The van der Waals surface area contributed by atoms with Crippen molar-refractivity contribution in [3.63, 3.8) is 0 Å². The van der Waals surface area contributed by atoms with Crippen LogP contribution in [-0.4, -0.2) is 62.4 Å². The van der Waals surface area contributed by atoms with Gasteiger partial charge in [0.25, 0.3) is 0 Å². The molecular weight excluding hydrogens is 397 g/mol. The molecule has 4 heterocycles. The fourth-order valence-electron chi connectivity index (χ4n) is 4.62. The molecule has 1 amide bonds. The van der Waals surface area contributed by atoms with Gasteiger partial charge in [-0.1, -0.05) is 6.07 Å². The lowest BCUT2D eigenvalue weighted by Gasteiger charge is -2.40. The van der Waals surface area contributed by atoms with Gasteiger partial charge in [0.15, 0.2) is 11.6 Å². The molecule has 0 saturated carbocycles. The Morgan fingerprint density at radius 3 is 2.45 bits per heavy atom. The van der Waals surface area contributed by atoms with Gasteiger partial charge in [0.2, 0.25) is 0 Å². The van der Waals surface area contributed by atoms with Crippen molar-refractivity contribution in [1.29, 1.82) is 0 Å². The fraction of sp³-hybridized carbons (Fsp3) is 0.609. The first-order valence-corrected chi connectivity index (χ1v) is 11.0. The van der Waals surface area contributed by atoms with E-state index >= 15 is 0 Å². The molecule has 2 aromatic rings. The SMILES string of the molecule is CC(c1ccc(-n2cc(F)cn2)nc1)N1CCC2(CCN(C(=O)OC(C)(C)C)CC2)C1. The molecule has 2 saturated heterocycles. The lowest BCUT2D eigenvalue weighted by molar-refractivity contribution is 0.0106. The van der Waals surface area contributed by atoms with E-state index < -0.39 is 5.60 Å². The van der Waals surface area contributed by atoms with E-state index in [1.807, 2.05) is 44.0 Å². The molecule has 2 aliphatic rings. The molecule has 2 fully saturated rings. The molecular formula is C23H32FN5O2. The number of piperidine rings is 1. The van der Waals surface area contributed by atoms with Crippen molar-refractivity contribution in [2.45, 2.75) is 58.6 Å². The van der Waals surface area contributed by atoms with Crippen molar-refractivity contribution >= 4 is 6.09 Å². The molecule has 0 radical (unpaired) electrons. The summed E-state index contributed by atoms with van der Waals surface area (Å²) >= 11 is 0. The first-order chi connectivity index (χ1) is 14.6. The van der Waals surface area contributed by atoms with Gasteiger partial charge in [0.1, 0.15) is 5.60 Å². The van der Waals surface area contributed by atoms with Crippen molar-refractivity contribution in [2.75, 3.05) is 26.2 Å². The number of pyridine rings is 1. The van der Waals surface area contributed by atoms with Gasteiger partial charge < -0.3 is 9.64 Å². The number of halogens is 1. The van der Waals surface area contributed by atoms with Crippen LogP contribution in [0, 0.1) is 11.2 Å². The number of rotatable bonds is 3. The summed E-state index contributed by atoms with van der Waals surface area (Å²) in [4.78, 5) is 21.2. The fourth-order valence-corrected chi connectivity index (χ4v) is 4.62. The number of likely N-dealkylation sites (tertiary alicyclic amines) is 2. The monoisotopic (exact) mass is 429 g/mol. The van der Waals surface area contributed by atoms with Gasteiger partial charge in [-0.2, -0.15) is 5.10 Å². The average Bonchev–Trinajstić information content (AvgIpc) is 3.34. The van der Waals surface area contributed by atoms with Crippen LogP contribution in [0.1, 0.15) is 58.6 Å².